The molecule has 1 aliphatic rings. The molecule has 7 heteroatoms. The molecule has 0 atom stereocenters. The molecular formula is C26H25NO5S. The number of thiophene rings is 1. The molecule has 0 spiro atoms. The third-order valence-corrected chi connectivity index (χ3v) is 7.04. The number of methoxy groups -OCH3 is 2. The first kappa shape index (κ1) is 21.6. The van der Waals surface area contributed by atoms with Crippen LogP contribution in [0.15, 0.2) is 57.1 Å². The van der Waals surface area contributed by atoms with E-state index in [0.717, 1.165) is 40.8 Å². The van der Waals surface area contributed by atoms with Gasteiger partial charge in [-0.15, -0.1) is 11.3 Å². The maximum absolute atomic E-state index is 13.2. The second-order valence-electron chi connectivity index (χ2n) is 8.03. The summed E-state index contributed by atoms with van der Waals surface area (Å²) >= 11 is 1.76. The number of hydrogen-bond acceptors (Lipinski definition) is 7. The molecule has 1 aliphatic heterocycles. The van der Waals surface area contributed by atoms with Gasteiger partial charge in [-0.2, -0.15) is 0 Å². The summed E-state index contributed by atoms with van der Waals surface area (Å²) in [7, 11) is 3.16. The summed E-state index contributed by atoms with van der Waals surface area (Å²) < 4.78 is 22.7. The molecule has 0 saturated heterocycles. The molecule has 0 unspecified atom stereocenters. The Morgan fingerprint density at radius 2 is 1.94 bits per heavy atom. The summed E-state index contributed by atoms with van der Waals surface area (Å²) in [6.45, 7) is 4.03. The summed E-state index contributed by atoms with van der Waals surface area (Å²) in [5, 5.41) is 3.00. The van der Waals surface area contributed by atoms with Crippen molar-refractivity contribution in [1.29, 1.82) is 0 Å². The van der Waals surface area contributed by atoms with Crippen LogP contribution in [-0.4, -0.2) is 32.4 Å². The standard InChI is InChI=1S/C26H25NO5S/c1-16-19-7-9-21-20(14-27(15-31-21)11-10-18-5-4-12-33-18)25(19)32-26(28)24(16)17-6-8-22(29-2)23(13-17)30-3/h4-9,12-13H,10-11,14-15H2,1-3H3. The predicted octanol–water partition coefficient (Wildman–Crippen LogP) is 5.24. The Morgan fingerprint density at radius 1 is 1.09 bits per heavy atom. The smallest absolute Gasteiger partial charge is 0.344 e. The van der Waals surface area contributed by atoms with E-state index >= 15 is 0 Å². The quantitative estimate of drug-likeness (QED) is 0.365. The molecule has 170 valence electrons. The van der Waals surface area contributed by atoms with Gasteiger partial charge in [0.15, 0.2) is 11.5 Å². The molecule has 2 aromatic heterocycles. The van der Waals surface area contributed by atoms with Crippen molar-refractivity contribution >= 4 is 22.3 Å². The van der Waals surface area contributed by atoms with Crippen molar-refractivity contribution in [2.45, 2.75) is 19.9 Å². The van der Waals surface area contributed by atoms with Gasteiger partial charge in [0.1, 0.15) is 18.1 Å². The number of ether oxygens (including phenoxy) is 3. The summed E-state index contributed by atoms with van der Waals surface area (Å²) in [5.41, 5.74) is 3.26. The number of benzene rings is 2. The summed E-state index contributed by atoms with van der Waals surface area (Å²) in [5.74, 6) is 1.95. The SMILES string of the molecule is COc1ccc(-c2c(C)c3ccc4c(c3oc2=O)CN(CCc2cccs2)CO4)cc1OC. The van der Waals surface area contributed by atoms with Crippen LogP contribution in [0.4, 0.5) is 0 Å². The lowest BCUT2D eigenvalue weighted by molar-refractivity contribution is 0.0970. The van der Waals surface area contributed by atoms with E-state index in [1.807, 2.05) is 25.1 Å². The zero-order valence-corrected chi connectivity index (χ0v) is 19.7. The number of nitrogens with zero attached hydrogens (tertiary/aromatic N) is 1. The Morgan fingerprint density at radius 3 is 2.70 bits per heavy atom. The van der Waals surface area contributed by atoms with Crippen LogP contribution >= 0.6 is 11.3 Å². The first-order valence-corrected chi connectivity index (χ1v) is 11.7. The second kappa shape index (κ2) is 8.92. The fourth-order valence-corrected chi connectivity index (χ4v) is 5.06. The normalized spacial score (nSPS) is 13.5. The second-order valence-corrected chi connectivity index (χ2v) is 9.07. The molecule has 4 aromatic rings. The number of aryl methyl sites for hydroxylation is 1. The molecule has 0 amide bonds. The number of hydrogen-bond donors (Lipinski definition) is 0. The van der Waals surface area contributed by atoms with E-state index in [4.69, 9.17) is 18.6 Å². The van der Waals surface area contributed by atoms with E-state index in [2.05, 4.69) is 22.4 Å². The minimum atomic E-state index is -0.378. The predicted molar refractivity (Wildman–Crippen MR) is 130 cm³/mol. The van der Waals surface area contributed by atoms with Crippen LogP contribution in [0.25, 0.3) is 22.1 Å². The minimum Gasteiger partial charge on any atom is -0.493 e. The maximum atomic E-state index is 13.2. The molecule has 0 aliphatic carbocycles. The van der Waals surface area contributed by atoms with Crippen molar-refractivity contribution in [2.24, 2.45) is 0 Å². The van der Waals surface area contributed by atoms with Gasteiger partial charge in [-0.05, 0) is 60.2 Å². The van der Waals surface area contributed by atoms with Crippen molar-refractivity contribution in [3.05, 3.63) is 74.3 Å². The minimum absolute atomic E-state index is 0.378. The van der Waals surface area contributed by atoms with Gasteiger partial charge in [0.2, 0.25) is 0 Å². The topological polar surface area (TPSA) is 61.1 Å². The Balaban J connectivity index is 1.53. The lowest BCUT2D eigenvalue weighted by atomic mass is 9.97. The summed E-state index contributed by atoms with van der Waals surface area (Å²) in [6.07, 6.45) is 0.966. The molecule has 0 radical (unpaired) electrons. The average Bonchev–Trinajstić information content (AvgIpc) is 3.36. The van der Waals surface area contributed by atoms with E-state index in [1.54, 1.807) is 37.7 Å². The van der Waals surface area contributed by atoms with Crippen LogP contribution in [0.2, 0.25) is 0 Å². The first-order chi connectivity index (χ1) is 16.1. The van der Waals surface area contributed by atoms with Crippen LogP contribution in [0, 0.1) is 6.92 Å². The average molecular weight is 464 g/mol. The Hall–Kier alpha value is -3.29. The van der Waals surface area contributed by atoms with Crippen molar-refractivity contribution in [3.8, 4) is 28.4 Å². The van der Waals surface area contributed by atoms with Crippen molar-refractivity contribution in [2.75, 3.05) is 27.5 Å². The van der Waals surface area contributed by atoms with Crippen LogP contribution in [-0.2, 0) is 13.0 Å². The third kappa shape index (κ3) is 3.98. The molecule has 0 bridgehead atoms. The molecule has 0 saturated carbocycles. The van der Waals surface area contributed by atoms with Gasteiger partial charge in [-0.3, -0.25) is 4.90 Å². The van der Waals surface area contributed by atoms with Gasteiger partial charge in [-0.25, -0.2) is 4.79 Å². The molecule has 6 nitrogen and oxygen atoms in total. The Bertz CT molecular complexity index is 1360. The Labute approximate surface area is 195 Å². The third-order valence-electron chi connectivity index (χ3n) is 6.11. The lowest BCUT2D eigenvalue weighted by Gasteiger charge is -2.29. The molecule has 33 heavy (non-hydrogen) atoms. The highest BCUT2D eigenvalue weighted by Crippen LogP contribution is 2.37. The largest absolute Gasteiger partial charge is 0.493 e. The maximum Gasteiger partial charge on any atom is 0.344 e. The fraction of sp³-hybridized carbons (Fsp3) is 0.269. The van der Waals surface area contributed by atoms with Crippen LogP contribution in [0.5, 0.6) is 17.2 Å². The monoisotopic (exact) mass is 463 g/mol. The van der Waals surface area contributed by atoms with Gasteiger partial charge in [-0.1, -0.05) is 12.1 Å². The molecule has 0 fully saturated rings. The van der Waals surface area contributed by atoms with Crippen LogP contribution < -0.4 is 19.8 Å². The number of fused-ring (bicyclic) bond motifs is 3. The zero-order valence-electron chi connectivity index (χ0n) is 18.8. The van der Waals surface area contributed by atoms with Crippen LogP contribution in [0.3, 0.4) is 0 Å². The van der Waals surface area contributed by atoms with E-state index in [9.17, 15) is 4.79 Å². The highest BCUT2D eigenvalue weighted by molar-refractivity contribution is 7.09. The van der Waals surface area contributed by atoms with Crippen molar-refractivity contribution in [1.82, 2.24) is 4.90 Å². The van der Waals surface area contributed by atoms with Crippen molar-refractivity contribution in [3.63, 3.8) is 0 Å². The lowest BCUT2D eigenvalue weighted by Crippen LogP contribution is -2.33. The first-order valence-electron chi connectivity index (χ1n) is 10.8. The molecule has 2 aromatic carbocycles. The molecule has 0 N–H and O–H groups in total. The molecular weight excluding hydrogens is 438 g/mol. The zero-order chi connectivity index (χ0) is 22.9. The van der Waals surface area contributed by atoms with E-state index in [-0.39, 0.29) is 5.63 Å². The van der Waals surface area contributed by atoms with Gasteiger partial charge < -0.3 is 18.6 Å². The number of rotatable bonds is 6. The van der Waals surface area contributed by atoms with Gasteiger partial charge in [0.25, 0.3) is 0 Å². The fourth-order valence-electron chi connectivity index (χ4n) is 4.36. The van der Waals surface area contributed by atoms with E-state index in [1.165, 1.54) is 4.88 Å². The van der Waals surface area contributed by atoms with Crippen molar-refractivity contribution < 1.29 is 18.6 Å². The summed E-state index contributed by atoms with van der Waals surface area (Å²) in [4.78, 5) is 16.7. The highest BCUT2D eigenvalue weighted by Gasteiger charge is 2.24. The summed E-state index contributed by atoms with van der Waals surface area (Å²) in [6, 6.07) is 13.6. The highest BCUT2D eigenvalue weighted by atomic mass is 32.1. The Kier molecular flexibility index (Phi) is 5.83. The van der Waals surface area contributed by atoms with Gasteiger partial charge in [0, 0.05) is 23.4 Å². The van der Waals surface area contributed by atoms with E-state index < -0.39 is 0 Å². The van der Waals surface area contributed by atoms with E-state index in [0.29, 0.717) is 35.9 Å². The molecule has 5 rings (SSSR count). The molecule has 3 heterocycles. The van der Waals surface area contributed by atoms with Crippen LogP contribution in [0.1, 0.15) is 16.0 Å². The van der Waals surface area contributed by atoms with Gasteiger partial charge in [0.05, 0.1) is 25.3 Å². The van der Waals surface area contributed by atoms with Gasteiger partial charge >= 0.3 is 5.63 Å².